The Balaban J connectivity index is 1.59. The van der Waals surface area contributed by atoms with Gasteiger partial charge in [0.05, 0.1) is 22.4 Å². The molecule has 0 bridgehead atoms. The summed E-state index contributed by atoms with van der Waals surface area (Å²) < 4.78 is 31.7. The van der Waals surface area contributed by atoms with Gasteiger partial charge in [-0.25, -0.2) is 0 Å². The van der Waals surface area contributed by atoms with Gasteiger partial charge in [-0.3, -0.25) is 0 Å². The van der Waals surface area contributed by atoms with Gasteiger partial charge in [0.15, 0.2) is 0 Å². The van der Waals surface area contributed by atoms with Crippen molar-refractivity contribution in [2.45, 2.75) is 91.6 Å². The summed E-state index contributed by atoms with van der Waals surface area (Å²) in [6.07, 6.45) is 0. The second-order valence-corrected chi connectivity index (χ2v) is 11.6. The molecule has 0 radical (unpaired) electrons. The minimum Gasteiger partial charge on any atom is -0.456 e. The second kappa shape index (κ2) is 6.88. The lowest BCUT2D eigenvalue weighted by Gasteiger charge is -2.32. The van der Waals surface area contributed by atoms with Crippen molar-refractivity contribution < 1.29 is 23.0 Å². The van der Waals surface area contributed by atoms with Crippen LogP contribution >= 0.6 is 0 Å². The molecule has 2 aromatic carbocycles. The molecule has 3 heterocycles. The van der Waals surface area contributed by atoms with E-state index in [1.54, 1.807) is 0 Å². The zero-order valence-electron chi connectivity index (χ0n) is 21.5. The maximum atomic E-state index is 6.50. The molecule has 2 fully saturated rings. The normalized spacial score (nSPS) is 23.2. The van der Waals surface area contributed by atoms with Crippen LogP contribution in [0, 0.1) is 13.8 Å². The van der Waals surface area contributed by atoms with Crippen LogP contribution in [0.15, 0.2) is 28.7 Å². The monoisotopic (exact) mass is 448 g/mol. The fourth-order valence-electron chi connectivity index (χ4n) is 4.65. The molecule has 0 spiro atoms. The van der Waals surface area contributed by atoms with Crippen molar-refractivity contribution in [3.8, 4) is 0 Å². The van der Waals surface area contributed by atoms with Gasteiger partial charge in [0.2, 0.25) is 0 Å². The SMILES string of the molecule is Cc1c(B2OC(C)(C)C(C)(C)O2)ccc2c1oc1c(C)c(B3OC(C)(C)C(C)(C)O3)ccc12. The van der Waals surface area contributed by atoms with Crippen LogP contribution in [0.25, 0.3) is 21.9 Å². The molecule has 0 N–H and O–H groups in total. The van der Waals surface area contributed by atoms with Gasteiger partial charge in [0.25, 0.3) is 0 Å². The van der Waals surface area contributed by atoms with Gasteiger partial charge in [0, 0.05) is 10.8 Å². The lowest BCUT2D eigenvalue weighted by atomic mass is 9.75. The molecule has 1 aromatic heterocycles. The van der Waals surface area contributed by atoms with E-state index in [4.69, 9.17) is 23.0 Å². The highest BCUT2D eigenvalue weighted by atomic mass is 16.7. The Morgan fingerprint density at radius 1 is 0.515 bits per heavy atom. The third-order valence-corrected chi connectivity index (χ3v) is 8.40. The molecule has 0 saturated carbocycles. The molecule has 3 aromatic rings. The van der Waals surface area contributed by atoms with Crippen LogP contribution < -0.4 is 10.9 Å². The largest absolute Gasteiger partial charge is 0.495 e. The Bertz CT molecular complexity index is 1140. The lowest BCUT2D eigenvalue weighted by Crippen LogP contribution is -2.41. The first-order chi connectivity index (χ1) is 15.2. The summed E-state index contributed by atoms with van der Waals surface area (Å²) in [5.41, 5.74) is 4.27. The van der Waals surface area contributed by atoms with Crippen molar-refractivity contribution >= 4 is 47.1 Å². The van der Waals surface area contributed by atoms with Gasteiger partial charge in [-0.2, -0.15) is 0 Å². The Morgan fingerprint density at radius 3 is 1.12 bits per heavy atom. The Morgan fingerprint density at radius 2 is 0.818 bits per heavy atom. The zero-order valence-corrected chi connectivity index (χ0v) is 21.5. The number of fused-ring (bicyclic) bond motifs is 3. The van der Waals surface area contributed by atoms with Gasteiger partial charge < -0.3 is 23.0 Å². The molecule has 7 heteroatoms. The van der Waals surface area contributed by atoms with Crippen molar-refractivity contribution in [3.05, 3.63) is 35.4 Å². The molecule has 174 valence electrons. The van der Waals surface area contributed by atoms with E-state index < -0.39 is 14.2 Å². The second-order valence-electron chi connectivity index (χ2n) is 11.6. The van der Waals surface area contributed by atoms with E-state index in [-0.39, 0.29) is 22.4 Å². The van der Waals surface area contributed by atoms with Crippen molar-refractivity contribution in [2.75, 3.05) is 0 Å². The predicted molar refractivity (Wildman–Crippen MR) is 135 cm³/mol. The fourth-order valence-corrected chi connectivity index (χ4v) is 4.65. The first-order valence-corrected chi connectivity index (χ1v) is 11.8. The summed E-state index contributed by atoms with van der Waals surface area (Å²) in [5, 5.41) is 2.18. The summed E-state index contributed by atoms with van der Waals surface area (Å²) in [7, 11) is -0.844. The van der Waals surface area contributed by atoms with Crippen molar-refractivity contribution in [2.24, 2.45) is 0 Å². The van der Waals surface area contributed by atoms with E-state index in [1.807, 2.05) is 0 Å². The van der Waals surface area contributed by atoms with Gasteiger partial charge in [-0.15, -0.1) is 0 Å². The van der Waals surface area contributed by atoms with Crippen molar-refractivity contribution in [1.29, 1.82) is 0 Å². The highest BCUT2D eigenvalue weighted by molar-refractivity contribution is 6.63. The smallest absolute Gasteiger partial charge is 0.456 e. The average Bonchev–Trinajstić information content (AvgIpc) is 3.24. The third kappa shape index (κ3) is 3.23. The van der Waals surface area contributed by atoms with Crippen LogP contribution in [-0.2, 0) is 18.6 Å². The molecule has 2 aliphatic heterocycles. The van der Waals surface area contributed by atoms with E-state index in [1.165, 1.54) is 0 Å². The number of furan rings is 1. The van der Waals surface area contributed by atoms with E-state index in [0.717, 1.165) is 44.0 Å². The summed E-state index contributed by atoms with van der Waals surface area (Å²) >= 11 is 0. The van der Waals surface area contributed by atoms with Crippen molar-refractivity contribution in [1.82, 2.24) is 0 Å². The van der Waals surface area contributed by atoms with Gasteiger partial charge in [0.1, 0.15) is 11.2 Å². The van der Waals surface area contributed by atoms with Gasteiger partial charge in [-0.1, -0.05) is 24.3 Å². The molecule has 33 heavy (non-hydrogen) atoms. The number of benzene rings is 2. The van der Waals surface area contributed by atoms with Gasteiger partial charge in [-0.05, 0) is 91.3 Å². The fraction of sp³-hybridized carbons (Fsp3) is 0.538. The Kier molecular flexibility index (Phi) is 4.79. The highest BCUT2D eigenvalue weighted by Crippen LogP contribution is 2.39. The zero-order chi connectivity index (χ0) is 24.1. The Hall–Kier alpha value is -1.79. The first kappa shape index (κ1) is 23.0. The first-order valence-electron chi connectivity index (χ1n) is 11.8. The standard InChI is InChI=1S/C26H34B2O5/c1-15-19(27-30-23(3,4)24(5,6)31-27)13-11-17-18-12-14-20(16(2)22(18)29-21(15)17)28-32-25(7,8)26(9,10)33-28/h11-14H,1-10H3. The quantitative estimate of drug-likeness (QED) is 0.528. The minimum atomic E-state index is -0.422. The molecule has 5 rings (SSSR count). The lowest BCUT2D eigenvalue weighted by molar-refractivity contribution is 0.00578. The number of aryl methyl sites for hydroxylation is 2. The predicted octanol–water partition coefficient (Wildman–Crippen LogP) is 4.80. The van der Waals surface area contributed by atoms with Crippen LogP contribution in [0.5, 0.6) is 0 Å². The summed E-state index contributed by atoms with van der Waals surface area (Å²) in [4.78, 5) is 0. The van der Waals surface area contributed by atoms with Crippen LogP contribution in [0.3, 0.4) is 0 Å². The number of rotatable bonds is 2. The minimum absolute atomic E-state index is 0.388. The summed E-state index contributed by atoms with van der Waals surface area (Å²) in [5.74, 6) is 0. The van der Waals surface area contributed by atoms with Crippen LogP contribution in [0.4, 0.5) is 0 Å². The molecule has 0 atom stereocenters. The maximum absolute atomic E-state index is 6.50. The maximum Gasteiger partial charge on any atom is 0.495 e. The van der Waals surface area contributed by atoms with Crippen LogP contribution in [-0.4, -0.2) is 36.6 Å². The number of hydrogen-bond donors (Lipinski definition) is 0. The van der Waals surface area contributed by atoms with E-state index in [2.05, 4.69) is 93.5 Å². The Labute approximate surface area is 197 Å². The molecule has 2 aliphatic rings. The molecule has 5 nitrogen and oxygen atoms in total. The van der Waals surface area contributed by atoms with Gasteiger partial charge >= 0.3 is 14.2 Å². The van der Waals surface area contributed by atoms with E-state index in [9.17, 15) is 0 Å². The van der Waals surface area contributed by atoms with E-state index in [0.29, 0.717) is 0 Å². The molecule has 2 saturated heterocycles. The molecule has 0 unspecified atom stereocenters. The average molecular weight is 448 g/mol. The number of hydrogen-bond acceptors (Lipinski definition) is 5. The molecule has 0 amide bonds. The highest BCUT2D eigenvalue weighted by Gasteiger charge is 2.53. The topological polar surface area (TPSA) is 50.1 Å². The summed E-state index contributed by atoms with van der Waals surface area (Å²) in [6.45, 7) is 20.7. The van der Waals surface area contributed by atoms with Crippen LogP contribution in [0.2, 0.25) is 0 Å². The van der Waals surface area contributed by atoms with Crippen LogP contribution in [0.1, 0.15) is 66.5 Å². The molecular formula is C26H34B2O5. The summed E-state index contributed by atoms with van der Waals surface area (Å²) in [6, 6.07) is 8.43. The molecular weight excluding hydrogens is 414 g/mol. The van der Waals surface area contributed by atoms with Crippen molar-refractivity contribution in [3.63, 3.8) is 0 Å². The van der Waals surface area contributed by atoms with E-state index >= 15 is 0 Å². The third-order valence-electron chi connectivity index (χ3n) is 8.40. The molecule has 0 aliphatic carbocycles.